The zero-order valence-corrected chi connectivity index (χ0v) is 23.5. The molecule has 1 aliphatic rings. The Morgan fingerprint density at radius 1 is 1.02 bits per heavy atom. The second-order valence-corrected chi connectivity index (χ2v) is 10.6. The molecule has 6 rings (SSSR count). The molecule has 0 saturated carbocycles. The Labute approximate surface area is 248 Å². The van der Waals surface area contributed by atoms with Gasteiger partial charge in [-0.1, -0.05) is 65.9 Å². The van der Waals surface area contributed by atoms with E-state index in [1.165, 1.54) is 41.0 Å². The lowest BCUT2D eigenvalue weighted by molar-refractivity contribution is -0.138. The van der Waals surface area contributed by atoms with Crippen LogP contribution < -0.4 is 14.9 Å². The second-order valence-electron chi connectivity index (χ2n) is 9.57. The van der Waals surface area contributed by atoms with Crippen molar-refractivity contribution >= 4 is 35.0 Å². The fourth-order valence-corrected chi connectivity index (χ4v) is 5.90. The zero-order valence-electron chi connectivity index (χ0n) is 22.7. The van der Waals surface area contributed by atoms with Gasteiger partial charge in [0.05, 0.1) is 34.0 Å². The number of fused-ring (bicyclic) bond motifs is 1. The number of carboxylic acid groups (broad SMARTS) is 1. The summed E-state index contributed by atoms with van der Waals surface area (Å²) in [5.41, 5.74) is 1.98. The van der Waals surface area contributed by atoms with Crippen LogP contribution in [0.3, 0.4) is 0 Å². The molecule has 10 heteroatoms. The van der Waals surface area contributed by atoms with Crippen LogP contribution >= 0.6 is 11.3 Å². The molecule has 0 aliphatic carbocycles. The van der Waals surface area contributed by atoms with Gasteiger partial charge in [0.1, 0.15) is 17.3 Å². The largest absolute Gasteiger partial charge is 0.478 e. The van der Waals surface area contributed by atoms with Crippen LogP contribution in [-0.4, -0.2) is 28.2 Å². The van der Waals surface area contributed by atoms with E-state index in [9.17, 15) is 23.9 Å². The number of halogens is 1. The summed E-state index contributed by atoms with van der Waals surface area (Å²) >= 11 is 1.13. The summed E-state index contributed by atoms with van der Waals surface area (Å²) in [6, 6.07) is 23.5. The third kappa shape index (κ3) is 5.35. The van der Waals surface area contributed by atoms with Crippen molar-refractivity contribution < 1.29 is 28.2 Å². The van der Waals surface area contributed by atoms with E-state index in [0.29, 0.717) is 43.2 Å². The summed E-state index contributed by atoms with van der Waals surface area (Å²) in [5.74, 6) is -1.34. The van der Waals surface area contributed by atoms with Crippen molar-refractivity contribution in [3.63, 3.8) is 0 Å². The molecular weight excluding hydrogens is 571 g/mol. The molecule has 0 radical (unpaired) electrons. The van der Waals surface area contributed by atoms with Crippen molar-refractivity contribution in [2.24, 2.45) is 4.99 Å². The van der Waals surface area contributed by atoms with Gasteiger partial charge in [0.2, 0.25) is 0 Å². The number of benzene rings is 3. The highest BCUT2D eigenvalue weighted by atomic mass is 32.1. The van der Waals surface area contributed by atoms with E-state index >= 15 is 0 Å². The summed E-state index contributed by atoms with van der Waals surface area (Å²) in [5, 5.41) is 9.33. The first-order valence-electron chi connectivity index (χ1n) is 13.3. The normalized spacial score (nSPS) is 14.7. The summed E-state index contributed by atoms with van der Waals surface area (Å²) in [6.45, 7) is 1.81. The van der Waals surface area contributed by atoms with Gasteiger partial charge in [-0.3, -0.25) is 9.36 Å². The van der Waals surface area contributed by atoms with Gasteiger partial charge in [-0.05, 0) is 48.9 Å². The quantitative estimate of drug-likeness (QED) is 0.265. The number of hydrogen-bond acceptors (Lipinski definition) is 7. The van der Waals surface area contributed by atoms with Crippen LogP contribution in [0.5, 0.6) is 0 Å². The van der Waals surface area contributed by atoms with Crippen molar-refractivity contribution in [3.05, 3.63) is 145 Å². The van der Waals surface area contributed by atoms with Gasteiger partial charge in [-0.25, -0.2) is 19.0 Å². The van der Waals surface area contributed by atoms with Crippen LogP contribution in [0.15, 0.2) is 111 Å². The molecule has 0 bridgehead atoms. The molecule has 0 saturated heterocycles. The molecule has 1 N–H and O–H groups in total. The molecule has 2 aromatic heterocycles. The van der Waals surface area contributed by atoms with Gasteiger partial charge in [0, 0.05) is 17.2 Å². The second kappa shape index (κ2) is 11.5. The third-order valence-corrected chi connectivity index (χ3v) is 7.84. The molecule has 0 unspecified atom stereocenters. The molecule has 0 amide bonds. The summed E-state index contributed by atoms with van der Waals surface area (Å²) in [4.78, 5) is 43.9. The Hall–Kier alpha value is -5.35. The highest BCUT2D eigenvalue weighted by Crippen LogP contribution is 2.35. The number of esters is 1. The molecular formula is C33H23FN2O6S. The van der Waals surface area contributed by atoms with Crippen LogP contribution in [0, 0.1) is 5.82 Å². The molecule has 3 aromatic carbocycles. The fourth-order valence-electron chi connectivity index (χ4n) is 4.92. The minimum atomic E-state index is -1.05. The smallest absolute Gasteiger partial charge is 0.338 e. The van der Waals surface area contributed by atoms with E-state index in [-0.39, 0.29) is 17.7 Å². The average molecular weight is 595 g/mol. The number of rotatable bonds is 7. The number of aromatic carboxylic acids is 1. The monoisotopic (exact) mass is 594 g/mol. The molecule has 1 atom stereocenters. The predicted molar refractivity (Wildman–Crippen MR) is 159 cm³/mol. The van der Waals surface area contributed by atoms with Crippen LogP contribution in [0.1, 0.15) is 40.2 Å². The summed E-state index contributed by atoms with van der Waals surface area (Å²) in [7, 11) is 0. The highest BCUT2D eigenvalue weighted by Gasteiger charge is 2.35. The zero-order chi connectivity index (χ0) is 30.1. The van der Waals surface area contributed by atoms with E-state index in [2.05, 4.69) is 0 Å². The van der Waals surface area contributed by atoms with Gasteiger partial charge < -0.3 is 14.3 Å². The Bertz CT molecular complexity index is 2070. The van der Waals surface area contributed by atoms with Crippen molar-refractivity contribution in [2.45, 2.75) is 13.0 Å². The van der Waals surface area contributed by atoms with E-state index in [0.717, 1.165) is 11.3 Å². The van der Waals surface area contributed by atoms with Gasteiger partial charge in [0.25, 0.3) is 5.56 Å². The first-order valence-corrected chi connectivity index (χ1v) is 14.1. The number of thiazole rings is 1. The Balaban J connectivity index is 1.54. The SMILES string of the molecule is CCOC(=O)C1=C(c2ccccc2)N=c2s/c(=C\c3ccc(-c4cccc(C(=O)O)c4)o3)c(=O)n2[C@H]1c1ccc(F)cc1. The third-order valence-electron chi connectivity index (χ3n) is 6.85. The minimum absolute atomic E-state index is 0.112. The maximum atomic E-state index is 14.0. The number of furan rings is 1. The maximum Gasteiger partial charge on any atom is 0.338 e. The minimum Gasteiger partial charge on any atom is -0.478 e. The molecule has 0 fully saturated rings. The molecule has 0 spiro atoms. The van der Waals surface area contributed by atoms with E-state index in [1.807, 2.05) is 30.3 Å². The standard InChI is InChI=1S/C33H23FN2O6S/c1-2-41-32(40)27-28(19-7-4-3-5-8-19)35-33-36(29(27)20-11-13-23(34)14-12-20)30(37)26(43-33)18-24-15-16-25(42-24)21-9-6-10-22(17-21)31(38)39/h3-18,29H,2H2,1H3,(H,38,39)/b26-18-/t29-/m0/s1. The maximum absolute atomic E-state index is 14.0. The van der Waals surface area contributed by atoms with Crippen LogP contribution in [-0.2, 0) is 9.53 Å². The van der Waals surface area contributed by atoms with Gasteiger partial charge >= 0.3 is 11.9 Å². The number of carbonyl (C=O) groups excluding carboxylic acids is 1. The van der Waals surface area contributed by atoms with Crippen LogP contribution in [0.4, 0.5) is 4.39 Å². The summed E-state index contributed by atoms with van der Waals surface area (Å²) < 4.78 is 27.0. The lowest BCUT2D eigenvalue weighted by atomic mass is 9.93. The number of carboxylic acids is 1. The van der Waals surface area contributed by atoms with E-state index < -0.39 is 29.4 Å². The number of hydrogen-bond donors (Lipinski definition) is 1. The van der Waals surface area contributed by atoms with Crippen molar-refractivity contribution in [3.8, 4) is 11.3 Å². The molecule has 214 valence electrons. The Morgan fingerprint density at radius 3 is 2.49 bits per heavy atom. The van der Waals surface area contributed by atoms with Crippen LogP contribution in [0.25, 0.3) is 23.1 Å². The Morgan fingerprint density at radius 2 is 1.77 bits per heavy atom. The lowest BCUT2D eigenvalue weighted by Gasteiger charge is -2.25. The topological polar surface area (TPSA) is 111 Å². The van der Waals surface area contributed by atoms with Crippen LogP contribution in [0.2, 0.25) is 0 Å². The number of ether oxygens (including phenoxy) is 1. The van der Waals surface area contributed by atoms with Gasteiger partial charge in [-0.2, -0.15) is 0 Å². The average Bonchev–Trinajstić information content (AvgIpc) is 3.61. The molecule has 1 aliphatic heterocycles. The van der Waals surface area contributed by atoms with E-state index in [4.69, 9.17) is 14.1 Å². The predicted octanol–water partition coefficient (Wildman–Crippen LogP) is 5.03. The van der Waals surface area contributed by atoms with Crippen molar-refractivity contribution in [1.29, 1.82) is 0 Å². The van der Waals surface area contributed by atoms with Crippen molar-refractivity contribution in [1.82, 2.24) is 4.57 Å². The number of carbonyl (C=O) groups is 2. The lowest BCUT2D eigenvalue weighted by Crippen LogP contribution is -2.40. The molecule has 5 aromatic rings. The number of nitrogens with zero attached hydrogens (tertiary/aromatic N) is 2. The van der Waals surface area contributed by atoms with E-state index in [1.54, 1.807) is 37.3 Å². The molecule has 3 heterocycles. The van der Waals surface area contributed by atoms with Crippen molar-refractivity contribution in [2.75, 3.05) is 6.61 Å². The Kier molecular flexibility index (Phi) is 7.43. The first-order chi connectivity index (χ1) is 20.8. The summed E-state index contributed by atoms with van der Waals surface area (Å²) in [6.07, 6.45) is 1.58. The molecule has 43 heavy (non-hydrogen) atoms. The highest BCUT2D eigenvalue weighted by molar-refractivity contribution is 7.07. The van der Waals surface area contributed by atoms with Gasteiger partial charge in [0.15, 0.2) is 4.80 Å². The fraction of sp³-hybridized carbons (Fsp3) is 0.0909. The first kappa shape index (κ1) is 27.8. The molecule has 8 nitrogen and oxygen atoms in total. The van der Waals surface area contributed by atoms with Gasteiger partial charge in [-0.15, -0.1) is 0 Å². The number of aromatic nitrogens is 1.